The Balaban J connectivity index is 4.11. The summed E-state index contributed by atoms with van der Waals surface area (Å²) in [5, 5.41) is 0. The van der Waals surface area contributed by atoms with Crippen LogP contribution < -0.4 is 0 Å². The van der Waals surface area contributed by atoms with Crippen molar-refractivity contribution in [1.82, 2.24) is 0 Å². The first kappa shape index (κ1) is 39.7. The second-order valence-corrected chi connectivity index (χ2v) is 15.4. The van der Waals surface area contributed by atoms with E-state index in [1.165, 1.54) is 128 Å². The molecule has 0 aromatic heterocycles. The Bertz CT molecular complexity index is 535. The van der Waals surface area contributed by atoms with Crippen molar-refractivity contribution in [2.75, 3.05) is 34.3 Å². The van der Waals surface area contributed by atoms with Gasteiger partial charge in [-0.05, 0) is 0 Å². The van der Waals surface area contributed by atoms with Crippen molar-refractivity contribution in [2.24, 2.45) is 0 Å². The van der Waals surface area contributed by atoms with Crippen molar-refractivity contribution in [3.8, 4) is 0 Å². The Hall–Kier alpha value is -0.310. The van der Waals surface area contributed by atoms with Crippen LogP contribution in [0.25, 0.3) is 0 Å². The molecule has 0 fully saturated rings. The SMILES string of the molecule is CCCCCCCCCCCCCCC(=O)[PH-](OCC[N+](C)(C)C)C(=O)CCCCCCCCCCCCCC. The van der Waals surface area contributed by atoms with E-state index in [2.05, 4.69) is 35.0 Å². The van der Waals surface area contributed by atoms with Gasteiger partial charge in [0.05, 0.1) is 0 Å². The van der Waals surface area contributed by atoms with Crippen LogP contribution in [0.2, 0.25) is 0 Å². The van der Waals surface area contributed by atoms with Gasteiger partial charge in [0, 0.05) is 0 Å². The fourth-order valence-electron chi connectivity index (χ4n) is 5.22. The molecule has 0 aromatic rings. The molecule has 0 amide bonds. The van der Waals surface area contributed by atoms with Gasteiger partial charge in [0.2, 0.25) is 0 Å². The van der Waals surface area contributed by atoms with Crippen molar-refractivity contribution in [3.05, 3.63) is 0 Å². The predicted octanol–water partition coefficient (Wildman–Crippen LogP) is 11.1. The number of hydrogen-bond acceptors (Lipinski definition) is 3. The Kier molecular flexibility index (Phi) is 28.6. The van der Waals surface area contributed by atoms with Crippen LogP contribution in [0.15, 0.2) is 0 Å². The molecule has 240 valence electrons. The summed E-state index contributed by atoms with van der Waals surface area (Å²) in [6.07, 6.45) is 31.9. The van der Waals surface area contributed by atoms with Gasteiger partial charge in [-0.25, -0.2) is 0 Å². The summed E-state index contributed by atoms with van der Waals surface area (Å²) in [4.78, 5) is 26.1. The van der Waals surface area contributed by atoms with Crippen LogP contribution in [0.5, 0.6) is 0 Å². The molecule has 4 nitrogen and oxygen atoms in total. The molecule has 0 saturated carbocycles. The first-order valence-corrected chi connectivity index (χ1v) is 19.1. The zero-order valence-electron chi connectivity index (χ0n) is 28.0. The maximum atomic E-state index is 13.0. The van der Waals surface area contributed by atoms with Crippen LogP contribution in [0, 0.1) is 0 Å². The Labute approximate surface area is 252 Å². The van der Waals surface area contributed by atoms with E-state index in [9.17, 15) is 9.59 Å². The second kappa shape index (κ2) is 28.8. The molecule has 40 heavy (non-hydrogen) atoms. The standard InChI is InChI=1S/C35H72NO3P/c1-6-8-10-12-14-16-18-20-22-24-26-28-30-34(37)40(39-33-32-36(3,4)5)35(38)31-29-27-25-23-21-19-17-15-13-11-9-7-2/h40H,6-33H2,1-5H3. The van der Waals surface area contributed by atoms with Gasteiger partial charge in [-0.3, -0.25) is 0 Å². The van der Waals surface area contributed by atoms with E-state index in [0.717, 1.165) is 36.7 Å². The van der Waals surface area contributed by atoms with Crippen molar-refractivity contribution in [3.63, 3.8) is 0 Å². The molecule has 0 aliphatic heterocycles. The topological polar surface area (TPSA) is 43.4 Å². The minimum atomic E-state index is -2.04. The molecule has 0 N–H and O–H groups in total. The number of nitrogens with zero attached hydrogens (tertiary/aromatic N) is 1. The van der Waals surface area contributed by atoms with Gasteiger partial charge in [0.1, 0.15) is 0 Å². The van der Waals surface area contributed by atoms with E-state index in [0.29, 0.717) is 19.4 Å². The molecule has 0 aromatic carbocycles. The van der Waals surface area contributed by atoms with Crippen LogP contribution in [0.3, 0.4) is 0 Å². The summed E-state index contributed by atoms with van der Waals surface area (Å²) < 4.78 is 6.83. The first-order valence-electron chi connectivity index (χ1n) is 17.7. The smallest absolute Gasteiger partial charge is 0.0654 e. The molecule has 5 heteroatoms. The minimum Gasteiger partial charge on any atom is -0.0654 e. The molecule has 0 atom stereocenters. The average molecular weight is 586 g/mol. The van der Waals surface area contributed by atoms with Gasteiger partial charge in [-0.2, -0.15) is 0 Å². The van der Waals surface area contributed by atoms with E-state index in [-0.39, 0.29) is 11.0 Å². The summed E-state index contributed by atoms with van der Waals surface area (Å²) in [6.45, 7) is 5.87. The number of hydrogen-bond donors (Lipinski definition) is 0. The number of quaternary nitrogens is 1. The minimum absolute atomic E-state index is 0.113. The zero-order valence-corrected chi connectivity index (χ0v) is 29.0. The normalized spacial score (nSPS) is 12.2. The van der Waals surface area contributed by atoms with Gasteiger partial charge in [-0.1, -0.05) is 39.5 Å². The van der Waals surface area contributed by atoms with E-state index in [1.807, 2.05) is 0 Å². The molecule has 0 rings (SSSR count). The Morgan fingerprint density at radius 3 is 1.02 bits per heavy atom. The Morgan fingerprint density at radius 1 is 0.475 bits per heavy atom. The van der Waals surface area contributed by atoms with Gasteiger partial charge in [0.25, 0.3) is 0 Å². The van der Waals surface area contributed by atoms with Gasteiger partial charge in [0.15, 0.2) is 0 Å². The third kappa shape index (κ3) is 27.8. The summed E-state index contributed by atoms with van der Waals surface area (Å²) in [6, 6.07) is 0. The van der Waals surface area contributed by atoms with Crippen molar-refractivity contribution < 1.29 is 18.6 Å². The van der Waals surface area contributed by atoms with E-state index in [1.54, 1.807) is 0 Å². The molecule has 0 unspecified atom stereocenters. The van der Waals surface area contributed by atoms with Gasteiger partial charge < -0.3 is 0 Å². The van der Waals surface area contributed by atoms with Crippen LogP contribution in [-0.4, -0.2) is 49.8 Å². The van der Waals surface area contributed by atoms with Crippen LogP contribution in [-0.2, 0) is 14.1 Å². The number of carbonyl (C=O) groups is 2. The van der Waals surface area contributed by atoms with Gasteiger partial charge in [-0.15, -0.1) is 0 Å². The molecule has 0 aliphatic carbocycles. The van der Waals surface area contributed by atoms with Gasteiger partial charge >= 0.3 is 213 Å². The molecule has 0 bridgehead atoms. The van der Waals surface area contributed by atoms with Crippen molar-refractivity contribution in [1.29, 1.82) is 0 Å². The Morgan fingerprint density at radius 2 is 0.750 bits per heavy atom. The van der Waals surface area contributed by atoms with Crippen molar-refractivity contribution in [2.45, 2.75) is 181 Å². The summed E-state index contributed by atoms with van der Waals surface area (Å²) >= 11 is 0. The fraction of sp³-hybridized carbons (Fsp3) is 0.943. The number of rotatable bonds is 32. The van der Waals surface area contributed by atoms with Crippen LogP contribution >= 0.6 is 8.15 Å². The number of likely N-dealkylation sites (N-methyl/N-ethyl adjacent to an activating group) is 1. The fourth-order valence-corrected chi connectivity index (χ4v) is 6.95. The summed E-state index contributed by atoms with van der Waals surface area (Å²) in [7, 11) is 4.33. The summed E-state index contributed by atoms with van der Waals surface area (Å²) in [5.41, 5.74) is 0.227. The van der Waals surface area contributed by atoms with Crippen molar-refractivity contribution >= 4 is 19.2 Å². The van der Waals surface area contributed by atoms with E-state index in [4.69, 9.17) is 4.52 Å². The first-order chi connectivity index (χ1) is 19.3. The molecule has 0 spiro atoms. The zero-order chi connectivity index (χ0) is 29.7. The molecule has 0 heterocycles. The molecule has 0 aliphatic rings. The maximum absolute atomic E-state index is 13.0. The molecular formula is C35H72NO3P. The molecule has 0 saturated heterocycles. The second-order valence-electron chi connectivity index (χ2n) is 13.3. The van der Waals surface area contributed by atoms with Crippen LogP contribution in [0.4, 0.5) is 0 Å². The monoisotopic (exact) mass is 586 g/mol. The third-order valence-electron chi connectivity index (χ3n) is 8.03. The molecular weight excluding hydrogens is 513 g/mol. The summed E-state index contributed by atoms with van der Waals surface area (Å²) in [5.74, 6) is 0. The number of unbranched alkanes of at least 4 members (excludes halogenated alkanes) is 22. The van der Waals surface area contributed by atoms with Crippen LogP contribution in [0.1, 0.15) is 181 Å². The predicted molar refractivity (Wildman–Crippen MR) is 179 cm³/mol. The van der Waals surface area contributed by atoms with E-state index >= 15 is 0 Å². The third-order valence-corrected chi connectivity index (χ3v) is 10.0. The molecule has 0 radical (unpaired) electrons. The number of carbonyl (C=O) groups excluding carboxylic acids is 2. The quantitative estimate of drug-likeness (QED) is 0.0448. The average Bonchev–Trinajstić information content (AvgIpc) is 2.91. The van der Waals surface area contributed by atoms with E-state index < -0.39 is 8.15 Å².